The van der Waals surface area contributed by atoms with Crippen LogP contribution in [0.3, 0.4) is 0 Å². The number of nitrogens with one attached hydrogen (secondary N) is 1. The summed E-state index contributed by atoms with van der Waals surface area (Å²) in [6.07, 6.45) is 3.02. The van der Waals surface area contributed by atoms with Gasteiger partial charge in [-0.05, 0) is 79.9 Å². The number of imidazole rings is 1. The summed E-state index contributed by atoms with van der Waals surface area (Å²) in [5.41, 5.74) is 6.19. The minimum Gasteiger partial charge on any atom is -0.475 e. The maximum Gasteiger partial charge on any atom is 0.490 e. The molecule has 7 nitrogen and oxygen atoms in total. The van der Waals surface area contributed by atoms with E-state index in [9.17, 15) is 18.0 Å². The van der Waals surface area contributed by atoms with Gasteiger partial charge in [-0.2, -0.15) is 13.2 Å². The predicted molar refractivity (Wildman–Crippen MR) is 169 cm³/mol. The highest BCUT2D eigenvalue weighted by atomic mass is 19.4. The van der Waals surface area contributed by atoms with Gasteiger partial charge in [0.15, 0.2) is 0 Å². The van der Waals surface area contributed by atoms with Crippen LogP contribution in [0, 0.1) is 11.8 Å². The zero-order valence-electron chi connectivity index (χ0n) is 25.4. The molecule has 10 heteroatoms. The van der Waals surface area contributed by atoms with E-state index in [2.05, 4.69) is 63.3 Å². The number of carboxylic acid groups (broad SMARTS) is 1. The third-order valence-corrected chi connectivity index (χ3v) is 8.87. The van der Waals surface area contributed by atoms with Crippen molar-refractivity contribution < 1.29 is 27.9 Å². The molecule has 3 aromatic carbocycles. The molecule has 2 fully saturated rings. The smallest absolute Gasteiger partial charge is 0.475 e. The number of carboxylic acids is 1. The van der Waals surface area contributed by atoms with Gasteiger partial charge in [0.1, 0.15) is 5.82 Å². The lowest BCUT2D eigenvalue weighted by molar-refractivity contribution is -0.192. The number of rotatable bonds is 7. The second kappa shape index (κ2) is 14.3. The van der Waals surface area contributed by atoms with Crippen LogP contribution in [0.4, 0.5) is 13.2 Å². The number of hydrogen-bond acceptors (Lipinski definition) is 4. The first-order valence-electron chi connectivity index (χ1n) is 15.5. The Labute approximate surface area is 261 Å². The first-order valence-corrected chi connectivity index (χ1v) is 15.5. The minimum absolute atomic E-state index is 0.0614. The van der Waals surface area contributed by atoms with E-state index in [1.807, 2.05) is 24.3 Å². The molecule has 4 aromatic rings. The van der Waals surface area contributed by atoms with Crippen molar-refractivity contribution in [3.05, 3.63) is 78.4 Å². The Morgan fingerprint density at radius 1 is 0.844 bits per heavy atom. The van der Waals surface area contributed by atoms with E-state index in [1.165, 1.54) is 69.3 Å². The molecule has 0 unspecified atom stereocenters. The Morgan fingerprint density at radius 2 is 1.42 bits per heavy atom. The molecular formula is C35H39F3N4O3. The Kier molecular flexibility index (Phi) is 10.2. The lowest BCUT2D eigenvalue weighted by atomic mass is 9.95. The maximum atomic E-state index is 12.4. The Balaban J connectivity index is 0.000000515. The van der Waals surface area contributed by atoms with E-state index < -0.39 is 12.1 Å². The van der Waals surface area contributed by atoms with Crippen molar-refractivity contribution in [1.82, 2.24) is 19.8 Å². The van der Waals surface area contributed by atoms with Gasteiger partial charge in [0.05, 0.1) is 11.0 Å². The first-order chi connectivity index (χ1) is 21.6. The summed E-state index contributed by atoms with van der Waals surface area (Å²) in [6, 6.07) is 25.1. The van der Waals surface area contributed by atoms with Crippen molar-refractivity contribution >= 4 is 22.9 Å². The molecule has 1 saturated carbocycles. The number of benzene rings is 3. The first kappa shape index (κ1) is 32.2. The van der Waals surface area contributed by atoms with Gasteiger partial charge in [0.2, 0.25) is 0 Å². The minimum atomic E-state index is -5.08. The quantitative estimate of drug-likeness (QED) is 0.227. The van der Waals surface area contributed by atoms with E-state index >= 15 is 0 Å². The summed E-state index contributed by atoms with van der Waals surface area (Å²) in [4.78, 5) is 29.1. The van der Waals surface area contributed by atoms with Crippen LogP contribution >= 0.6 is 0 Å². The number of fused-ring (bicyclic) bond motifs is 1. The topological polar surface area (TPSA) is 87.5 Å². The Bertz CT molecular complexity index is 1590. The van der Waals surface area contributed by atoms with Crippen molar-refractivity contribution in [3.8, 4) is 22.5 Å². The van der Waals surface area contributed by atoms with E-state index in [1.54, 1.807) is 7.05 Å². The zero-order chi connectivity index (χ0) is 32.0. The van der Waals surface area contributed by atoms with Crippen LogP contribution in [0.2, 0.25) is 0 Å². The molecule has 0 bridgehead atoms. The fourth-order valence-electron chi connectivity index (χ4n) is 6.42. The van der Waals surface area contributed by atoms with E-state index in [0.717, 1.165) is 34.9 Å². The standard InChI is InChI=1S/C33H38N4O.C2HF3O2/c1-34-33(38)29-15-16-30-31(21-29)37(23-25-17-19-36(20-18-25)22-24-7-5-6-8-24)32(35-30)28-13-11-27(12-14-28)26-9-3-2-4-10-26;3-2(4,5)1(6)7/h2-4,9-16,21,24-25H,5-8,17-20,22-23H2,1H3,(H,34,38);(H,6,7). The highest BCUT2D eigenvalue weighted by molar-refractivity contribution is 5.97. The summed E-state index contributed by atoms with van der Waals surface area (Å²) < 4.78 is 34.1. The van der Waals surface area contributed by atoms with Crippen molar-refractivity contribution in [2.75, 3.05) is 26.7 Å². The molecule has 2 N–H and O–H groups in total. The molecule has 1 aliphatic heterocycles. The zero-order valence-corrected chi connectivity index (χ0v) is 25.4. The molecule has 238 valence electrons. The SMILES string of the molecule is CNC(=O)c1ccc2nc(-c3ccc(-c4ccccc4)cc3)n(CC3CCN(CC4CCCC4)CC3)c2c1.O=C(O)C(F)(F)F. The van der Waals surface area contributed by atoms with Crippen LogP contribution in [0.5, 0.6) is 0 Å². The third kappa shape index (κ3) is 8.11. The number of carbonyl (C=O) groups excluding carboxylic acids is 1. The third-order valence-electron chi connectivity index (χ3n) is 8.87. The predicted octanol–water partition coefficient (Wildman–Crippen LogP) is 7.27. The van der Waals surface area contributed by atoms with Crippen molar-refractivity contribution in [2.45, 2.75) is 51.2 Å². The fourth-order valence-corrected chi connectivity index (χ4v) is 6.42. The molecular weight excluding hydrogens is 581 g/mol. The normalized spacial score (nSPS) is 16.4. The lowest BCUT2D eigenvalue weighted by Crippen LogP contribution is -2.37. The monoisotopic (exact) mass is 620 g/mol. The summed E-state index contributed by atoms with van der Waals surface area (Å²) in [7, 11) is 1.68. The van der Waals surface area contributed by atoms with Gasteiger partial charge >= 0.3 is 12.1 Å². The molecule has 1 aromatic heterocycles. The number of halogens is 3. The van der Waals surface area contributed by atoms with Crippen molar-refractivity contribution in [2.24, 2.45) is 11.8 Å². The number of amides is 1. The molecule has 1 aliphatic carbocycles. The maximum absolute atomic E-state index is 12.4. The molecule has 2 aliphatic rings. The Morgan fingerprint density at radius 3 is 2.02 bits per heavy atom. The van der Waals surface area contributed by atoms with Gasteiger partial charge < -0.3 is 19.9 Å². The molecule has 0 radical (unpaired) electrons. The molecule has 2 heterocycles. The highest BCUT2D eigenvalue weighted by Crippen LogP contribution is 2.32. The second-order valence-corrected chi connectivity index (χ2v) is 12.0. The molecule has 0 atom stereocenters. The average molecular weight is 621 g/mol. The summed E-state index contributed by atoms with van der Waals surface area (Å²) in [5, 5.41) is 9.89. The number of aliphatic carboxylic acids is 1. The van der Waals surface area contributed by atoms with Crippen LogP contribution in [0.15, 0.2) is 72.8 Å². The van der Waals surface area contributed by atoms with Crippen molar-refractivity contribution in [1.29, 1.82) is 0 Å². The number of nitrogens with zero attached hydrogens (tertiary/aromatic N) is 3. The van der Waals surface area contributed by atoms with E-state index in [-0.39, 0.29) is 5.91 Å². The largest absolute Gasteiger partial charge is 0.490 e. The van der Waals surface area contributed by atoms with Gasteiger partial charge in [-0.15, -0.1) is 0 Å². The second-order valence-electron chi connectivity index (χ2n) is 12.0. The summed E-state index contributed by atoms with van der Waals surface area (Å²) in [5.74, 6) is -0.306. The molecule has 1 amide bonds. The van der Waals surface area contributed by atoms with Crippen LogP contribution in [-0.4, -0.2) is 64.3 Å². The van der Waals surface area contributed by atoms with Crippen LogP contribution in [0.25, 0.3) is 33.5 Å². The Hall–Kier alpha value is -4.18. The van der Waals surface area contributed by atoms with Gasteiger partial charge in [-0.25, -0.2) is 9.78 Å². The van der Waals surface area contributed by atoms with E-state index in [0.29, 0.717) is 11.5 Å². The van der Waals surface area contributed by atoms with Gasteiger partial charge in [0, 0.05) is 31.3 Å². The van der Waals surface area contributed by atoms with Gasteiger partial charge in [-0.3, -0.25) is 4.79 Å². The molecule has 6 rings (SSSR count). The summed E-state index contributed by atoms with van der Waals surface area (Å²) >= 11 is 0. The number of piperidine rings is 1. The number of hydrogen-bond donors (Lipinski definition) is 2. The number of carbonyl (C=O) groups is 2. The number of likely N-dealkylation sites (tertiary alicyclic amines) is 1. The lowest BCUT2D eigenvalue weighted by Gasteiger charge is -2.34. The average Bonchev–Trinajstić information content (AvgIpc) is 3.69. The van der Waals surface area contributed by atoms with Crippen LogP contribution in [0.1, 0.15) is 48.9 Å². The van der Waals surface area contributed by atoms with Crippen LogP contribution in [-0.2, 0) is 11.3 Å². The highest BCUT2D eigenvalue weighted by Gasteiger charge is 2.38. The number of alkyl halides is 3. The van der Waals surface area contributed by atoms with Gasteiger partial charge in [0.25, 0.3) is 5.91 Å². The van der Waals surface area contributed by atoms with Gasteiger partial charge in [-0.1, -0.05) is 67.4 Å². The molecule has 1 saturated heterocycles. The number of aromatic nitrogens is 2. The fraction of sp³-hybridized carbons (Fsp3) is 0.400. The van der Waals surface area contributed by atoms with Crippen LogP contribution < -0.4 is 5.32 Å². The molecule has 45 heavy (non-hydrogen) atoms. The summed E-state index contributed by atoms with van der Waals surface area (Å²) in [6.45, 7) is 4.60. The van der Waals surface area contributed by atoms with Crippen molar-refractivity contribution in [3.63, 3.8) is 0 Å². The van der Waals surface area contributed by atoms with E-state index in [4.69, 9.17) is 14.9 Å². The molecule has 0 spiro atoms.